The molecule has 1 aromatic carbocycles. The number of hydrogen-bond acceptors (Lipinski definition) is 4. The van der Waals surface area contributed by atoms with Gasteiger partial charge in [-0.2, -0.15) is 0 Å². The number of nitrogens with zero attached hydrogens (tertiary/aromatic N) is 1. The molecule has 0 aliphatic carbocycles. The molecule has 1 rings (SSSR count). The van der Waals surface area contributed by atoms with E-state index in [0.29, 0.717) is 19.8 Å². The van der Waals surface area contributed by atoms with Gasteiger partial charge < -0.3 is 9.47 Å². The summed E-state index contributed by atoms with van der Waals surface area (Å²) in [7, 11) is 3.38. The van der Waals surface area contributed by atoms with Crippen LogP contribution in [0.3, 0.4) is 0 Å². The van der Waals surface area contributed by atoms with Crippen molar-refractivity contribution in [3.8, 4) is 0 Å². The van der Waals surface area contributed by atoms with Gasteiger partial charge in [0.1, 0.15) is 0 Å². The lowest BCUT2D eigenvalue weighted by Gasteiger charge is -2.21. The molecule has 0 radical (unpaired) electrons. The molecule has 0 bridgehead atoms. The van der Waals surface area contributed by atoms with Gasteiger partial charge in [0.2, 0.25) is 0 Å². The summed E-state index contributed by atoms with van der Waals surface area (Å²) in [5.41, 5.74) is 2.98. The van der Waals surface area contributed by atoms with Crippen molar-refractivity contribution in [2.24, 2.45) is 0 Å². The van der Waals surface area contributed by atoms with Gasteiger partial charge in [0.15, 0.2) is 5.78 Å². The molecular formula is C17H27NO3. The van der Waals surface area contributed by atoms with Crippen molar-refractivity contribution >= 4 is 5.78 Å². The molecule has 0 N–H and O–H groups in total. The summed E-state index contributed by atoms with van der Waals surface area (Å²) >= 11 is 0. The van der Waals surface area contributed by atoms with Crippen molar-refractivity contribution in [2.45, 2.75) is 20.3 Å². The molecule has 1 aromatic rings. The van der Waals surface area contributed by atoms with E-state index >= 15 is 0 Å². The Morgan fingerprint density at radius 3 is 2.48 bits per heavy atom. The molecule has 0 amide bonds. The van der Waals surface area contributed by atoms with Crippen LogP contribution in [0.2, 0.25) is 0 Å². The van der Waals surface area contributed by atoms with Crippen molar-refractivity contribution < 1.29 is 14.3 Å². The van der Waals surface area contributed by atoms with E-state index in [1.807, 2.05) is 32.0 Å². The predicted molar refractivity (Wildman–Crippen MR) is 85.1 cm³/mol. The van der Waals surface area contributed by atoms with Crippen LogP contribution >= 0.6 is 0 Å². The number of rotatable bonds is 10. The molecule has 0 atom stereocenters. The number of carbonyl (C=O) groups excluding carboxylic acids is 1. The first kappa shape index (κ1) is 17.8. The van der Waals surface area contributed by atoms with Gasteiger partial charge in [0.05, 0.1) is 13.2 Å². The van der Waals surface area contributed by atoms with Crippen molar-refractivity contribution in [3.63, 3.8) is 0 Å². The van der Waals surface area contributed by atoms with E-state index in [2.05, 4.69) is 4.90 Å². The minimum Gasteiger partial charge on any atom is -0.385 e. The Balaban J connectivity index is 2.67. The number of Topliss-reactive ketones (excluding diaryl/α,β-unsaturated/α-hetero) is 1. The maximum atomic E-state index is 12.5. The third-order valence-electron chi connectivity index (χ3n) is 3.50. The normalized spacial score (nSPS) is 11.1. The Hall–Kier alpha value is -1.23. The molecule has 4 heteroatoms. The summed E-state index contributed by atoms with van der Waals surface area (Å²) in [6.07, 6.45) is 0.917. The van der Waals surface area contributed by atoms with Crippen LogP contribution in [0.1, 0.15) is 27.9 Å². The van der Waals surface area contributed by atoms with Crippen LogP contribution in [0.5, 0.6) is 0 Å². The number of benzene rings is 1. The fourth-order valence-electron chi connectivity index (χ4n) is 2.25. The van der Waals surface area contributed by atoms with Gasteiger partial charge >= 0.3 is 0 Å². The van der Waals surface area contributed by atoms with E-state index in [-0.39, 0.29) is 5.78 Å². The number of carbonyl (C=O) groups is 1. The quantitative estimate of drug-likeness (QED) is 0.491. The highest BCUT2D eigenvalue weighted by molar-refractivity contribution is 5.99. The monoisotopic (exact) mass is 293 g/mol. The van der Waals surface area contributed by atoms with Crippen LogP contribution < -0.4 is 0 Å². The molecule has 21 heavy (non-hydrogen) atoms. The third kappa shape index (κ3) is 6.38. The van der Waals surface area contributed by atoms with Gasteiger partial charge in [-0.15, -0.1) is 0 Å². The van der Waals surface area contributed by atoms with Crippen LogP contribution in [0.4, 0.5) is 0 Å². The highest BCUT2D eigenvalue weighted by atomic mass is 16.5. The predicted octanol–water partition coefficient (Wildman–Crippen LogP) is 2.47. The fourth-order valence-corrected chi connectivity index (χ4v) is 2.25. The van der Waals surface area contributed by atoms with Crippen LogP contribution in [0.15, 0.2) is 18.2 Å². The molecule has 0 unspecified atom stereocenters. The Labute approximate surface area is 128 Å². The van der Waals surface area contributed by atoms with Crippen LogP contribution in [-0.4, -0.2) is 57.8 Å². The lowest BCUT2D eigenvalue weighted by atomic mass is 10.0. The summed E-state index contributed by atoms with van der Waals surface area (Å²) in [6, 6.07) is 6.02. The lowest BCUT2D eigenvalue weighted by Crippen LogP contribution is -2.34. The summed E-state index contributed by atoms with van der Waals surface area (Å²) in [4.78, 5) is 14.6. The van der Waals surface area contributed by atoms with E-state index < -0.39 is 0 Å². The van der Waals surface area contributed by atoms with E-state index in [1.54, 1.807) is 14.2 Å². The lowest BCUT2D eigenvalue weighted by molar-refractivity contribution is 0.0877. The Morgan fingerprint density at radius 1 is 1.10 bits per heavy atom. The first-order valence-corrected chi connectivity index (χ1v) is 7.39. The van der Waals surface area contributed by atoms with Gasteiger partial charge in [0, 0.05) is 39.5 Å². The van der Waals surface area contributed by atoms with Gasteiger partial charge in [-0.25, -0.2) is 0 Å². The van der Waals surface area contributed by atoms with Gasteiger partial charge in [-0.1, -0.05) is 17.7 Å². The van der Waals surface area contributed by atoms with Gasteiger partial charge in [-0.3, -0.25) is 9.69 Å². The Kier molecular flexibility index (Phi) is 8.20. The first-order chi connectivity index (χ1) is 10.1. The standard InChI is InChI=1S/C17H27NO3/c1-14-6-7-15(2)16(12-14)17(19)13-18(9-11-21-4)8-5-10-20-3/h6-7,12H,5,8-11,13H2,1-4H3. The minimum atomic E-state index is 0.171. The number of ether oxygens (including phenoxy) is 2. The zero-order valence-corrected chi connectivity index (χ0v) is 13.6. The summed E-state index contributed by atoms with van der Waals surface area (Å²) in [6.45, 7) is 7.37. The number of ketones is 1. The highest BCUT2D eigenvalue weighted by Crippen LogP contribution is 2.12. The van der Waals surface area contributed by atoms with Crippen molar-refractivity contribution in [1.29, 1.82) is 0 Å². The van der Waals surface area contributed by atoms with E-state index in [4.69, 9.17) is 9.47 Å². The van der Waals surface area contributed by atoms with E-state index in [1.165, 1.54) is 0 Å². The zero-order valence-electron chi connectivity index (χ0n) is 13.6. The van der Waals surface area contributed by atoms with Gasteiger partial charge in [0.25, 0.3) is 0 Å². The van der Waals surface area contributed by atoms with E-state index in [9.17, 15) is 4.79 Å². The largest absolute Gasteiger partial charge is 0.385 e. The minimum absolute atomic E-state index is 0.171. The van der Waals surface area contributed by atoms with Crippen molar-refractivity contribution in [3.05, 3.63) is 34.9 Å². The van der Waals surface area contributed by atoms with Gasteiger partial charge in [-0.05, 0) is 31.9 Å². The summed E-state index contributed by atoms with van der Waals surface area (Å²) in [5.74, 6) is 0.171. The highest BCUT2D eigenvalue weighted by Gasteiger charge is 2.14. The number of methoxy groups -OCH3 is 2. The second-order valence-corrected chi connectivity index (χ2v) is 5.36. The van der Waals surface area contributed by atoms with Crippen LogP contribution in [0, 0.1) is 13.8 Å². The summed E-state index contributed by atoms with van der Waals surface area (Å²) < 4.78 is 10.2. The molecule has 4 nitrogen and oxygen atoms in total. The summed E-state index contributed by atoms with van der Waals surface area (Å²) in [5, 5.41) is 0. The molecule has 118 valence electrons. The number of hydrogen-bond donors (Lipinski definition) is 0. The van der Waals surface area contributed by atoms with E-state index in [0.717, 1.165) is 36.2 Å². The number of aryl methyl sites for hydroxylation is 2. The van der Waals surface area contributed by atoms with Crippen molar-refractivity contribution in [1.82, 2.24) is 4.90 Å². The fraction of sp³-hybridized carbons (Fsp3) is 0.588. The average molecular weight is 293 g/mol. The molecule has 0 saturated heterocycles. The molecule has 0 fully saturated rings. The zero-order chi connectivity index (χ0) is 15.7. The molecular weight excluding hydrogens is 266 g/mol. The smallest absolute Gasteiger partial charge is 0.177 e. The second-order valence-electron chi connectivity index (χ2n) is 5.36. The molecule has 0 aliphatic rings. The first-order valence-electron chi connectivity index (χ1n) is 7.39. The maximum Gasteiger partial charge on any atom is 0.177 e. The van der Waals surface area contributed by atoms with Crippen molar-refractivity contribution in [2.75, 3.05) is 47.1 Å². The molecule has 0 aliphatic heterocycles. The Bertz CT molecular complexity index is 446. The SMILES string of the molecule is COCCCN(CCOC)CC(=O)c1cc(C)ccc1C. The maximum absolute atomic E-state index is 12.5. The molecule has 0 saturated carbocycles. The van der Waals surface area contributed by atoms with Crippen LogP contribution in [-0.2, 0) is 9.47 Å². The van der Waals surface area contributed by atoms with Crippen LogP contribution in [0.25, 0.3) is 0 Å². The molecule has 0 aromatic heterocycles. The Morgan fingerprint density at radius 2 is 1.81 bits per heavy atom. The molecule has 0 spiro atoms. The third-order valence-corrected chi connectivity index (χ3v) is 3.50. The molecule has 0 heterocycles. The second kappa shape index (κ2) is 9.66. The average Bonchev–Trinajstić information content (AvgIpc) is 2.47. The topological polar surface area (TPSA) is 38.8 Å².